The number of benzene rings is 1. The van der Waals surface area contributed by atoms with Crippen molar-refractivity contribution in [2.75, 3.05) is 0 Å². The summed E-state index contributed by atoms with van der Waals surface area (Å²) in [5.41, 5.74) is 2.99. The van der Waals surface area contributed by atoms with Crippen LogP contribution < -0.4 is 4.57 Å². The Hall–Kier alpha value is -2.22. The molecule has 0 fully saturated rings. The summed E-state index contributed by atoms with van der Waals surface area (Å²) < 4.78 is 2.09. The summed E-state index contributed by atoms with van der Waals surface area (Å²) in [6.07, 6.45) is 6.72. The van der Waals surface area contributed by atoms with Gasteiger partial charge in [0.15, 0.2) is 18.9 Å². The van der Waals surface area contributed by atoms with Gasteiger partial charge in [-0.25, -0.2) is 4.57 Å². The number of nitrogens with zero attached hydrogens (tertiary/aromatic N) is 1. The topological polar surface area (TPSA) is 20.9 Å². The third kappa shape index (κ3) is 2.88. The average molecular weight is 224 g/mol. The number of aromatic nitrogens is 1. The monoisotopic (exact) mass is 224 g/mol. The van der Waals surface area contributed by atoms with Crippen LogP contribution >= 0.6 is 0 Å². The number of carbonyl (C=O) groups is 1. The van der Waals surface area contributed by atoms with E-state index in [-0.39, 0.29) is 0 Å². The van der Waals surface area contributed by atoms with E-state index in [1.54, 1.807) is 0 Å². The van der Waals surface area contributed by atoms with Crippen molar-refractivity contribution in [1.82, 2.24) is 0 Å². The average Bonchev–Trinajstić information content (AvgIpc) is 2.40. The number of rotatable bonds is 4. The maximum atomic E-state index is 10.5. The van der Waals surface area contributed by atoms with Crippen molar-refractivity contribution in [3.8, 4) is 0 Å². The van der Waals surface area contributed by atoms with Gasteiger partial charge in [0, 0.05) is 23.3 Å². The molecule has 2 rings (SSSR count). The van der Waals surface area contributed by atoms with E-state index in [9.17, 15) is 4.79 Å². The van der Waals surface area contributed by atoms with Crippen molar-refractivity contribution >= 4 is 12.4 Å². The van der Waals surface area contributed by atoms with Crippen molar-refractivity contribution in [2.24, 2.45) is 0 Å². The summed E-state index contributed by atoms with van der Waals surface area (Å²) >= 11 is 0. The molecule has 17 heavy (non-hydrogen) atoms. The van der Waals surface area contributed by atoms with Gasteiger partial charge in [-0.2, -0.15) is 0 Å². The second-order valence-electron chi connectivity index (χ2n) is 3.87. The lowest BCUT2D eigenvalue weighted by atomic mass is 10.1. The third-order valence-electron chi connectivity index (χ3n) is 2.63. The minimum atomic E-state index is 0.709. The van der Waals surface area contributed by atoms with Gasteiger partial charge in [-0.05, 0) is 5.56 Å². The summed E-state index contributed by atoms with van der Waals surface area (Å²) in [7, 11) is 0. The number of carbonyl (C=O) groups excluding carboxylic acids is 1. The maximum absolute atomic E-state index is 10.5. The van der Waals surface area contributed by atoms with E-state index in [4.69, 9.17) is 0 Å². The van der Waals surface area contributed by atoms with Crippen LogP contribution in [-0.4, -0.2) is 6.29 Å². The predicted molar refractivity (Wildman–Crippen MR) is 67.7 cm³/mol. The van der Waals surface area contributed by atoms with Gasteiger partial charge in [0.2, 0.25) is 0 Å². The number of hydrogen-bond acceptors (Lipinski definition) is 1. The first-order valence-corrected chi connectivity index (χ1v) is 5.47. The van der Waals surface area contributed by atoms with Crippen molar-refractivity contribution in [3.63, 3.8) is 0 Å². The number of hydrogen-bond donors (Lipinski definition) is 0. The van der Waals surface area contributed by atoms with Crippen LogP contribution in [0.5, 0.6) is 0 Å². The normalized spacial score (nSPS) is 9.88. The maximum Gasteiger partial charge on any atom is 0.173 e. The Labute approximate surface area is 101 Å². The molecule has 0 aliphatic carbocycles. The van der Waals surface area contributed by atoms with E-state index < -0.39 is 0 Å². The molecular weight excluding hydrogens is 210 g/mol. The molecule has 1 aromatic carbocycles. The van der Waals surface area contributed by atoms with E-state index >= 15 is 0 Å². The van der Waals surface area contributed by atoms with Gasteiger partial charge in [0.05, 0.1) is 0 Å². The van der Waals surface area contributed by atoms with Crippen molar-refractivity contribution < 1.29 is 9.36 Å². The molecule has 0 saturated heterocycles. The van der Waals surface area contributed by atoms with E-state index in [2.05, 4.69) is 11.1 Å². The molecule has 1 heterocycles. The van der Waals surface area contributed by atoms with Crippen molar-refractivity contribution in [1.29, 1.82) is 0 Å². The molecule has 0 aliphatic rings. The zero-order valence-corrected chi connectivity index (χ0v) is 9.54. The number of aldehydes is 1. The van der Waals surface area contributed by atoms with Gasteiger partial charge in [-0.1, -0.05) is 36.9 Å². The van der Waals surface area contributed by atoms with Crippen LogP contribution in [0.15, 0.2) is 55.4 Å². The summed E-state index contributed by atoms with van der Waals surface area (Å²) in [6, 6.07) is 11.7. The molecule has 0 amide bonds. The summed E-state index contributed by atoms with van der Waals surface area (Å²) in [5, 5.41) is 0. The molecule has 1 aromatic heterocycles. The zero-order valence-electron chi connectivity index (χ0n) is 9.54. The Kier molecular flexibility index (Phi) is 3.46. The molecule has 0 unspecified atom stereocenters. The second kappa shape index (κ2) is 5.21. The van der Waals surface area contributed by atoms with E-state index in [1.807, 2.05) is 54.9 Å². The fraction of sp³-hybridized carbons (Fsp3) is 0.0667. The minimum Gasteiger partial charge on any atom is -0.298 e. The lowest BCUT2D eigenvalue weighted by Gasteiger charge is -1.98. The van der Waals surface area contributed by atoms with Crippen LogP contribution in [0.3, 0.4) is 0 Å². The second-order valence-corrected chi connectivity index (χ2v) is 3.87. The van der Waals surface area contributed by atoms with Gasteiger partial charge in [0.1, 0.15) is 6.29 Å². The SMILES string of the molecule is C=Cc1cc[n+](Cc2ccc(C=O)cc2)cc1. The molecule has 0 spiro atoms. The van der Waals surface area contributed by atoms with Gasteiger partial charge in [0.25, 0.3) is 0 Å². The van der Waals surface area contributed by atoms with Crippen molar-refractivity contribution in [3.05, 3.63) is 72.1 Å². The summed E-state index contributed by atoms with van der Waals surface area (Å²) in [5.74, 6) is 0. The number of pyridine rings is 1. The Morgan fingerprint density at radius 1 is 1.00 bits per heavy atom. The van der Waals surface area contributed by atoms with Gasteiger partial charge in [-0.3, -0.25) is 4.79 Å². The highest BCUT2D eigenvalue weighted by atomic mass is 16.1. The summed E-state index contributed by atoms with van der Waals surface area (Å²) in [4.78, 5) is 10.5. The van der Waals surface area contributed by atoms with Gasteiger partial charge < -0.3 is 0 Å². The van der Waals surface area contributed by atoms with E-state index in [1.165, 1.54) is 5.56 Å². The molecule has 2 aromatic rings. The predicted octanol–water partition coefficient (Wildman–Crippen LogP) is 2.48. The molecule has 0 aliphatic heterocycles. The largest absolute Gasteiger partial charge is 0.298 e. The van der Waals surface area contributed by atoms with Crippen molar-refractivity contribution in [2.45, 2.75) is 6.54 Å². The van der Waals surface area contributed by atoms with Crippen LogP contribution in [0, 0.1) is 0 Å². The van der Waals surface area contributed by atoms with Crippen LogP contribution in [0.25, 0.3) is 6.08 Å². The Morgan fingerprint density at radius 2 is 1.65 bits per heavy atom. The quantitative estimate of drug-likeness (QED) is 0.577. The first kappa shape index (κ1) is 11.3. The highest BCUT2D eigenvalue weighted by Crippen LogP contribution is 2.02. The highest BCUT2D eigenvalue weighted by molar-refractivity contribution is 5.74. The molecule has 2 heteroatoms. The molecule has 84 valence electrons. The fourth-order valence-electron chi connectivity index (χ4n) is 1.62. The van der Waals surface area contributed by atoms with Crippen LogP contribution in [0.4, 0.5) is 0 Å². The smallest absolute Gasteiger partial charge is 0.173 e. The van der Waals surface area contributed by atoms with Crippen LogP contribution in [0.2, 0.25) is 0 Å². The van der Waals surface area contributed by atoms with Crippen LogP contribution in [-0.2, 0) is 6.54 Å². The molecule has 0 saturated carbocycles. The van der Waals surface area contributed by atoms with Gasteiger partial charge >= 0.3 is 0 Å². The molecule has 0 N–H and O–H groups in total. The summed E-state index contributed by atoms with van der Waals surface area (Å²) in [6.45, 7) is 4.52. The Morgan fingerprint density at radius 3 is 2.18 bits per heavy atom. The molecular formula is C15H14NO+. The Bertz CT molecular complexity index is 462. The standard InChI is InChI=1S/C15H14NO/c1-2-13-7-9-16(10-8-13)11-14-3-5-15(12-17)6-4-14/h2-10,12H,1,11H2/q+1. The molecule has 2 nitrogen and oxygen atoms in total. The minimum absolute atomic E-state index is 0.709. The molecule has 0 atom stereocenters. The third-order valence-corrected chi connectivity index (χ3v) is 2.63. The zero-order chi connectivity index (χ0) is 12.1. The fourth-order valence-corrected chi connectivity index (χ4v) is 1.62. The van der Waals surface area contributed by atoms with E-state index in [0.29, 0.717) is 5.56 Å². The first-order valence-electron chi connectivity index (χ1n) is 5.47. The van der Waals surface area contributed by atoms with Crippen LogP contribution in [0.1, 0.15) is 21.5 Å². The first-order chi connectivity index (χ1) is 8.31. The van der Waals surface area contributed by atoms with E-state index in [0.717, 1.165) is 18.4 Å². The Balaban J connectivity index is 2.13. The lowest BCUT2D eigenvalue weighted by Crippen LogP contribution is -2.33. The highest BCUT2D eigenvalue weighted by Gasteiger charge is 2.02. The van der Waals surface area contributed by atoms with Gasteiger partial charge in [-0.15, -0.1) is 0 Å². The molecule has 0 bridgehead atoms. The molecule has 0 radical (unpaired) electrons. The lowest BCUT2D eigenvalue weighted by molar-refractivity contribution is -0.688.